The van der Waals surface area contributed by atoms with Gasteiger partial charge in [-0.25, -0.2) is 4.98 Å². The van der Waals surface area contributed by atoms with E-state index in [1.54, 1.807) is 6.07 Å². The molecule has 2 rings (SSSR count). The number of hydrogen-bond donors (Lipinski definition) is 1. The molecule has 0 unspecified atom stereocenters. The topological polar surface area (TPSA) is 53.9 Å². The van der Waals surface area contributed by atoms with Crippen LogP contribution in [-0.2, 0) is 0 Å². The molecule has 5 nitrogen and oxygen atoms in total. The van der Waals surface area contributed by atoms with Crippen molar-refractivity contribution >= 4 is 57.2 Å². The standard InChI is InChI=1S/C12H15Cl2N5S2/c1-4-5-15-9-7(13)6-8(14)10(16-9)20-12-18-17-11(21-12)19(2)3/h6H,4-5H2,1-3H3,(H,15,16). The summed E-state index contributed by atoms with van der Waals surface area (Å²) in [6, 6.07) is 1.70. The highest BCUT2D eigenvalue weighted by molar-refractivity contribution is 8.01. The Hall–Kier alpha value is -0.760. The van der Waals surface area contributed by atoms with E-state index < -0.39 is 0 Å². The summed E-state index contributed by atoms with van der Waals surface area (Å²) >= 11 is 15.2. The van der Waals surface area contributed by atoms with Crippen molar-refractivity contribution in [3.63, 3.8) is 0 Å². The first kappa shape index (κ1) is 16.6. The second-order valence-electron chi connectivity index (χ2n) is 4.38. The zero-order chi connectivity index (χ0) is 15.4. The van der Waals surface area contributed by atoms with E-state index in [4.69, 9.17) is 23.2 Å². The Balaban J connectivity index is 2.21. The van der Waals surface area contributed by atoms with Crippen LogP contribution in [0, 0.1) is 0 Å². The summed E-state index contributed by atoms with van der Waals surface area (Å²) in [6.45, 7) is 2.89. The molecule has 2 aromatic rings. The third-order valence-corrected chi connectivity index (χ3v) is 5.24. The molecular weight excluding hydrogens is 349 g/mol. The highest BCUT2D eigenvalue weighted by Gasteiger charge is 2.14. The average Bonchev–Trinajstić information content (AvgIpc) is 2.89. The van der Waals surface area contributed by atoms with Gasteiger partial charge in [-0.1, -0.05) is 41.5 Å². The van der Waals surface area contributed by atoms with Crippen LogP contribution in [0.4, 0.5) is 10.9 Å². The van der Waals surface area contributed by atoms with E-state index >= 15 is 0 Å². The minimum absolute atomic E-state index is 0.508. The molecule has 0 saturated carbocycles. The number of rotatable bonds is 6. The van der Waals surface area contributed by atoms with Crippen molar-refractivity contribution in [1.29, 1.82) is 0 Å². The number of pyridine rings is 1. The van der Waals surface area contributed by atoms with E-state index in [-0.39, 0.29) is 0 Å². The number of nitrogens with one attached hydrogen (secondary N) is 1. The van der Waals surface area contributed by atoms with Crippen molar-refractivity contribution in [2.75, 3.05) is 30.9 Å². The fourth-order valence-corrected chi connectivity index (χ4v) is 3.61. The third kappa shape index (κ3) is 4.35. The molecule has 0 spiro atoms. The molecular formula is C12H15Cl2N5S2. The summed E-state index contributed by atoms with van der Waals surface area (Å²) in [5.41, 5.74) is 0. The summed E-state index contributed by atoms with van der Waals surface area (Å²) in [6.07, 6.45) is 0.992. The second kappa shape index (κ2) is 7.49. The Labute approximate surface area is 142 Å². The highest BCUT2D eigenvalue weighted by Crippen LogP contribution is 2.38. The van der Waals surface area contributed by atoms with Gasteiger partial charge in [-0.3, -0.25) is 0 Å². The van der Waals surface area contributed by atoms with E-state index in [1.807, 2.05) is 19.0 Å². The Kier molecular flexibility index (Phi) is 5.92. The lowest BCUT2D eigenvalue weighted by Gasteiger charge is -2.09. The maximum Gasteiger partial charge on any atom is 0.208 e. The van der Waals surface area contributed by atoms with Gasteiger partial charge in [0.1, 0.15) is 10.8 Å². The maximum atomic E-state index is 6.21. The predicted octanol–water partition coefficient (Wildman–Crippen LogP) is 4.28. The second-order valence-corrected chi connectivity index (χ2v) is 7.39. The van der Waals surface area contributed by atoms with Gasteiger partial charge >= 0.3 is 0 Å². The highest BCUT2D eigenvalue weighted by atomic mass is 35.5. The number of hydrogen-bond acceptors (Lipinski definition) is 7. The fourth-order valence-electron chi connectivity index (χ4n) is 1.40. The molecule has 21 heavy (non-hydrogen) atoms. The Morgan fingerprint density at radius 2 is 2.05 bits per heavy atom. The Morgan fingerprint density at radius 3 is 2.67 bits per heavy atom. The minimum atomic E-state index is 0.508. The van der Waals surface area contributed by atoms with Crippen LogP contribution in [0.25, 0.3) is 0 Å². The van der Waals surface area contributed by atoms with Crippen LogP contribution in [-0.4, -0.2) is 35.8 Å². The molecule has 0 radical (unpaired) electrons. The summed E-state index contributed by atoms with van der Waals surface area (Å²) in [5.74, 6) is 0.641. The van der Waals surface area contributed by atoms with Crippen molar-refractivity contribution in [1.82, 2.24) is 15.2 Å². The minimum Gasteiger partial charge on any atom is -0.369 e. The van der Waals surface area contributed by atoms with Gasteiger partial charge in [-0.15, -0.1) is 10.2 Å². The number of aromatic nitrogens is 3. The normalized spacial score (nSPS) is 10.7. The van der Waals surface area contributed by atoms with Crippen LogP contribution in [0.2, 0.25) is 10.0 Å². The van der Waals surface area contributed by atoms with Gasteiger partial charge in [0.2, 0.25) is 5.13 Å². The third-order valence-electron chi connectivity index (χ3n) is 2.40. The van der Waals surface area contributed by atoms with Gasteiger partial charge in [0.25, 0.3) is 0 Å². The van der Waals surface area contributed by atoms with Crippen LogP contribution in [0.15, 0.2) is 15.4 Å². The van der Waals surface area contributed by atoms with E-state index in [1.165, 1.54) is 23.1 Å². The summed E-state index contributed by atoms with van der Waals surface area (Å²) in [7, 11) is 3.85. The summed E-state index contributed by atoms with van der Waals surface area (Å²) < 4.78 is 0.789. The average molecular weight is 364 g/mol. The number of nitrogens with zero attached hydrogens (tertiary/aromatic N) is 4. The molecule has 0 atom stereocenters. The SMILES string of the molecule is CCCNc1nc(Sc2nnc(N(C)C)s2)c(Cl)cc1Cl. The Bertz CT molecular complexity index is 618. The van der Waals surface area contributed by atoms with E-state index in [2.05, 4.69) is 27.4 Å². The first-order chi connectivity index (χ1) is 10.0. The molecule has 1 N–H and O–H groups in total. The first-order valence-electron chi connectivity index (χ1n) is 6.29. The maximum absolute atomic E-state index is 6.21. The van der Waals surface area contributed by atoms with Gasteiger partial charge in [0.15, 0.2) is 4.34 Å². The summed E-state index contributed by atoms with van der Waals surface area (Å²) in [4.78, 5) is 6.38. The van der Waals surface area contributed by atoms with Gasteiger partial charge in [-0.2, -0.15) is 0 Å². The molecule has 114 valence electrons. The van der Waals surface area contributed by atoms with E-state index in [9.17, 15) is 0 Å². The van der Waals surface area contributed by atoms with Crippen LogP contribution < -0.4 is 10.2 Å². The zero-order valence-corrected chi connectivity index (χ0v) is 15.0. The fraction of sp³-hybridized carbons (Fsp3) is 0.417. The lowest BCUT2D eigenvalue weighted by atomic mass is 10.4. The molecule has 0 bridgehead atoms. The van der Waals surface area contributed by atoms with Gasteiger partial charge < -0.3 is 10.2 Å². The molecule has 2 heterocycles. The molecule has 0 amide bonds. The molecule has 9 heteroatoms. The number of anilines is 2. The van der Waals surface area contributed by atoms with Crippen molar-refractivity contribution in [2.24, 2.45) is 0 Å². The zero-order valence-electron chi connectivity index (χ0n) is 11.9. The summed E-state index contributed by atoms with van der Waals surface area (Å²) in [5, 5.41) is 13.9. The predicted molar refractivity (Wildman–Crippen MR) is 91.4 cm³/mol. The molecule has 2 aromatic heterocycles. The van der Waals surface area contributed by atoms with E-state index in [0.717, 1.165) is 22.4 Å². The van der Waals surface area contributed by atoms with Crippen molar-refractivity contribution in [2.45, 2.75) is 22.7 Å². The molecule has 0 aliphatic rings. The van der Waals surface area contributed by atoms with Crippen LogP contribution in [0.3, 0.4) is 0 Å². The van der Waals surface area contributed by atoms with Gasteiger partial charge in [-0.05, 0) is 24.2 Å². The largest absolute Gasteiger partial charge is 0.369 e. The van der Waals surface area contributed by atoms with Crippen molar-refractivity contribution in [3.05, 3.63) is 16.1 Å². The molecule has 0 fully saturated rings. The lowest BCUT2D eigenvalue weighted by molar-refractivity contribution is 0.956. The molecule has 0 aliphatic carbocycles. The van der Waals surface area contributed by atoms with Crippen molar-refractivity contribution in [3.8, 4) is 0 Å². The lowest BCUT2D eigenvalue weighted by Crippen LogP contribution is -2.07. The molecule has 0 saturated heterocycles. The smallest absolute Gasteiger partial charge is 0.208 e. The van der Waals surface area contributed by atoms with Crippen molar-refractivity contribution < 1.29 is 0 Å². The Morgan fingerprint density at radius 1 is 1.29 bits per heavy atom. The first-order valence-corrected chi connectivity index (χ1v) is 8.68. The number of halogens is 2. The monoisotopic (exact) mass is 363 g/mol. The van der Waals surface area contributed by atoms with Crippen LogP contribution >= 0.6 is 46.3 Å². The molecule has 0 aliphatic heterocycles. The van der Waals surface area contributed by atoms with Gasteiger partial charge in [0.05, 0.1) is 10.0 Å². The van der Waals surface area contributed by atoms with Crippen LogP contribution in [0.1, 0.15) is 13.3 Å². The quantitative estimate of drug-likeness (QED) is 0.826. The molecule has 0 aromatic carbocycles. The van der Waals surface area contributed by atoms with E-state index in [0.29, 0.717) is 20.9 Å². The van der Waals surface area contributed by atoms with Crippen LogP contribution in [0.5, 0.6) is 0 Å². The van der Waals surface area contributed by atoms with Gasteiger partial charge in [0, 0.05) is 20.6 Å².